The zero-order chi connectivity index (χ0) is 20.9. The summed E-state index contributed by atoms with van der Waals surface area (Å²) in [6.45, 7) is 2.16. The number of benzene rings is 3. The molecule has 2 aromatic heterocycles. The molecular formula is C27H25GeNS. The number of hydrogen-bond acceptors (Lipinski definition) is 2. The molecule has 3 aromatic carbocycles. The van der Waals surface area contributed by atoms with E-state index in [2.05, 4.69) is 103 Å². The third kappa shape index (κ3) is 3.48. The number of fused-ring (bicyclic) bond motifs is 3. The summed E-state index contributed by atoms with van der Waals surface area (Å²) in [4.78, 5) is 4.89. The number of thiophene rings is 1. The quantitative estimate of drug-likeness (QED) is 0.248. The van der Waals surface area contributed by atoms with Crippen LogP contribution in [0, 0.1) is 6.92 Å². The molecule has 1 nitrogen and oxygen atoms in total. The Morgan fingerprint density at radius 1 is 0.733 bits per heavy atom. The Bertz CT molecular complexity index is 1380. The van der Waals surface area contributed by atoms with E-state index >= 15 is 0 Å². The minimum absolute atomic E-state index is 1.05. The van der Waals surface area contributed by atoms with Crippen LogP contribution in [0.3, 0.4) is 0 Å². The van der Waals surface area contributed by atoms with E-state index < -0.39 is 13.3 Å². The number of hydrogen-bond donors (Lipinski definition) is 0. The van der Waals surface area contributed by atoms with Gasteiger partial charge in [0.2, 0.25) is 0 Å². The van der Waals surface area contributed by atoms with Crippen molar-refractivity contribution in [3.05, 3.63) is 84.6 Å². The van der Waals surface area contributed by atoms with Crippen molar-refractivity contribution < 1.29 is 0 Å². The van der Waals surface area contributed by atoms with Crippen molar-refractivity contribution in [2.24, 2.45) is 0 Å². The van der Waals surface area contributed by atoms with Gasteiger partial charge in [0.15, 0.2) is 0 Å². The normalized spacial score (nSPS) is 12.0. The molecule has 0 amide bonds. The molecule has 0 saturated heterocycles. The molecule has 3 heteroatoms. The van der Waals surface area contributed by atoms with Crippen LogP contribution in [0.1, 0.15) is 5.56 Å². The second-order valence-corrected chi connectivity index (χ2v) is 20.7. The number of pyridine rings is 1. The number of nitrogens with zero attached hydrogens (tertiary/aromatic N) is 1. The molecule has 0 unspecified atom stereocenters. The molecule has 0 atom stereocenters. The Morgan fingerprint density at radius 2 is 1.50 bits per heavy atom. The van der Waals surface area contributed by atoms with Gasteiger partial charge in [0.1, 0.15) is 0 Å². The number of aryl methyl sites for hydroxylation is 1. The van der Waals surface area contributed by atoms with Crippen molar-refractivity contribution >= 4 is 49.2 Å². The average Bonchev–Trinajstić information content (AvgIpc) is 3.11. The monoisotopic (exact) mass is 469 g/mol. The molecule has 0 aliphatic carbocycles. The predicted octanol–water partition coefficient (Wildman–Crippen LogP) is 7.64. The molecule has 0 fully saturated rings. The van der Waals surface area contributed by atoms with Crippen molar-refractivity contribution in [2.75, 3.05) is 0 Å². The van der Waals surface area contributed by atoms with Crippen LogP contribution in [0.15, 0.2) is 79.0 Å². The summed E-state index contributed by atoms with van der Waals surface area (Å²) in [5, 5.41) is 2.64. The Kier molecular flexibility index (Phi) is 4.80. The molecule has 0 spiro atoms. The molecule has 0 aliphatic rings. The van der Waals surface area contributed by atoms with E-state index in [0.717, 1.165) is 5.69 Å². The molecule has 30 heavy (non-hydrogen) atoms. The Morgan fingerprint density at radius 3 is 2.27 bits per heavy atom. The van der Waals surface area contributed by atoms with E-state index in [-0.39, 0.29) is 0 Å². The van der Waals surface area contributed by atoms with Gasteiger partial charge in [-0.1, -0.05) is 6.07 Å². The van der Waals surface area contributed by atoms with Gasteiger partial charge in [-0.25, -0.2) is 0 Å². The van der Waals surface area contributed by atoms with Gasteiger partial charge in [0.05, 0.1) is 0 Å². The van der Waals surface area contributed by atoms with Crippen molar-refractivity contribution in [1.82, 2.24) is 4.98 Å². The number of rotatable bonds is 3. The molecule has 148 valence electrons. The van der Waals surface area contributed by atoms with Crippen LogP contribution in [0.25, 0.3) is 42.6 Å². The van der Waals surface area contributed by atoms with E-state index in [4.69, 9.17) is 4.98 Å². The zero-order valence-corrected chi connectivity index (χ0v) is 20.8. The van der Waals surface area contributed by atoms with Gasteiger partial charge in [0, 0.05) is 0 Å². The Balaban J connectivity index is 1.68. The van der Waals surface area contributed by atoms with Crippen LogP contribution < -0.4 is 4.40 Å². The predicted molar refractivity (Wildman–Crippen MR) is 136 cm³/mol. The average molecular weight is 468 g/mol. The molecule has 0 bridgehead atoms. The molecule has 0 aliphatic heterocycles. The molecule has 0 saturated carbocycles. The second kappa shape index (κ2) is 7.37. The third-order valence-corrected chi connectivity index (χ3v) is 11.5. The topological polar surface area (TPSA) is 12.9 Å². The standard InChI is InChI=1S/C27H25GeNS/c1-18-13-20(19-9-6-5-7-10-19)15-21(14-18)25-16-26-23(17-29-25)22-11-8-12-24(27(22)30-26)28(2,3)4/h5-17H,1-4H3. The van der Waals surface area contributed by atoms with Gasteiger partial charge >= 0.3 is 179 Å². The fraction of sp³-hybridized carbons (Fsp3) is 0.148. The number of aromatic nitrogens is 1. The van der Waals surface area contributed by atoms with E-state index in [1.807, 2.05) is 11.3 Å². The first-order valence-electron chi connectivity index (χ1n) is 10.4. The minimum atomic E-state index is -1.93. The van der Waals surface area contributed by atoms with Crippen molar-refractivity contribution in [1.29, 1.82) is 0 Å². The summed E-state index contributed by atoms with van der Waals surface area (Å²) in [5.41, 5.74) is 5.97. The first-order chi connectivity index (χ1) is 14.4. The van der Waals surface area contributed by atoms with Gasteiger partial charge in [-0.15, -0.1) is 0 Å². The van der Waals surface area contributed by atoms with Crippen LogP contribution in [0.2, 0.25) is 17.3 Å². The van der Waals surface area contributed by atoms with E-state index in [0.29, 0.717) is 0 Å². The van der Waals surface area contributed by atoms with Crippen molar-refractivity contribution in [3.63, 3.8) is 0 Å². The van der Waals surface area contributed by atoms with Crippen LogP contribution in [-0.4, -0.2) is 18.3 Å². The maximum atomic E-state index is 4.89. The van der Waals surface area contributed by atoms with Crippen LogP contribution in [-0.2, 0) is 0 Å². The third-order valence-electron chi connectivity index (χ3n) is 5.67. The summed E-state index contributed by atoms with van der Waals surface area (Å²) in [6, 6.07) is 26.4. The fourth-order valence-corrected chi connectivity index (χ4v) is 10.2. The molecule has 5 aromatic rings. The SMILES string of the molecule is Cc1cc(-c2ccccc2)cc(-c2cc3sc4[c]([Ge]([CH3])([CH3])[CH3])cccc4c3cn2)c1. The first kappa shape index (κ1) is 19.5. The molecule has 2 heterocycles. The summed E-state index contributed by atoms with van der Waals surface area (Å²) >= 11 is 0.00192. The van der Waals surface area contributed by atoms with E-state index in [1.165, 1.54) is 42.4 Å². The summed E-state index contributed by atoms with van der Waals surface area (Å²) in [7, 11) is 0. The Hall–Kier alpha value is -2.43. The van der Waals surface area contributed by atoms with Crippen molar-refractivity contribution in [2.45, 2.75) is 24.2 Å². The zero-order valence-electron chi connectivity index (χ0n) is 17.9. The van der Waals surface area contributed by atoms with Gasteiger partial charge in [-0.05, 0) is 0 Å². The second-order valence-electron chi connectivity index (χ2n) is 9.05. The van der Waals surface area contributed by atoms with Gasteiger partial charge in [0.25, 0.3) is 0 Å². The van der Waals surface area contributed by atoms with Crippen LogP contribution in [0.4, 0.5) is 0 Å². The molecule has 0 radical (unpaired) electrons. The maximum absolute atomic E-state index is 4.89. The Labute approximate surface area is 184 Å². The molecule has 5 rings (SSSR count). The summed E-state index contributed by atoms with van der Waals surface area (Å²) in [5.74, 6) is 7.42. The van der Waals surface area contributed by atoms with Crippen molar-refractivity contribution in [3.8, 4) is 22.4 Å². The van der Waals surface area contributed by atoms with Gasteiger partial charge in [-0.3, -0.25) is 0 Å². The fourth-order valence-electron chi connectivity index (χ4n) is 4.17. The van der Waals surface area contributed by atoms with E-state index in [1.54, 1.807) is 4.40 Å². The van der Waals surface area contributed by atoms with Gasteiger partial charge in [-0.2, -0.15) is 0 Å². The summed E-state index contributed by atoms with van der Waals surface area (Å²) in [6.07, 6.45) is 2.08. The molecular weight excluding hydrogens is 443 g/mol. The first-order valence-corrected chi connectivity index (χ1v) is 18.6. The molecule has 0 N–H and O–H groups in total. The van der Waals surface area contributed by atoms with Gasteiger partial charge < -0.3 is 0 Å². The van der Waals surface area contributed by atoms with E-state index in [9.17, 15) is 0 Å². The van der Waals surface area contributed by atoms with Crippen LogP contribution >= 0.6 is 11.3 Å². The van der Waals surface area contributed by atoms with Crippen LogP contribution in [0.5, 0.6) is 0 Å². The summed E-state index contributed by atoms with van der Waals surface area (Å²) < 4.78 is 4.39.